The smallest absolute Gasteiger partial charge is 0.246 e. The van der Waals surface area contributed by atoms with Gasteiger partial charge in [-0.25, -0.2) is 0 Å². The molecule has 0 heterocycles. The van der Waals surface area contributed by atoms with Crippen LogP contribution in [0.15, 0.2) is 109 Å². The Hall–Kier alpha value is -4.33. The molecule has 7 nitrogen and oxygen atoms in total. The van der Waals surface area contributed by atoms with Crippen molar-refractivity contribution in [2.75, 3.05) is 14.1 Å². The lowest BCUT2D eigenvalue weighted by Crippen LogP contribution is -2.54. The zero-order chi connectivity index (χ0) is 34.0. The number of Topliss-reactive ketones (excluding diaryl/α,β-unsaturated/α-hetero) is 1. The number of likely N-dealkylation sites (N-methyl/N-ethyl adjacent to an activating group) is 2. The summed E-state index contributed by atoms with van der Waals surface area (Å²) in [5, 5.41) is 10.2. The van der Waals surface area contributed by atoms with Crippen LogP contribution < -0.4 is 5.73 Å². The lowest BCUT2D eigenvalue weighted by atomic mass is 9.92. The van der Waals surface area contributed by atoms with Crippen molar-refractivity contribution in [2.45, 2.75) is 82.5 Å². The molecule has 47 heavy (non-hydrogen) atoms. The van der Waals surface area contributed by atoms with E-state index in [4.69, 9.17) is 5.73 Å². The highest BCUT2D eigenvalue weighted by Gasteiger charge is 2.36. The highest BCUT2D eigenvalue weighted by Crippen LogP contribution is 2.25. The minimum Gasteiger partial charge on any atom is -0.393 e. The van der Waals surface area contributed by atoms with Gasteiger partial charge in [0.25, 0.3) is 0 Å². The summed E-state index contributed by atoms with van der Waals surface area (Å²) in [5.41, 5.74) is 10.3. The first-order chi connectivity index (χ1) is 22.4. The van der Waals surface area contributed by atoms with E-state index in [1.807, 2.05) is 105 Å². The molecule has 3 atom stereocenters. The largest absolute Gasteiger partial charge is 0.393 e. The third kappa shape index (κ3) is 10.3. The van der Waals surface area contributed by atoms with Crippen LogP contribution in [-0.2, 0) is 27.2 Å². The molecule has 0 fully saturated rings. The maximum Gasteiger partial charge on any atom is 0.246 e. The van der Waals surface area contributed by atoms with Gasteiger partial charge in [-0.1, -0.05) is 97.1 Å². The predicted molar refractivity (Wildman–Crippen MR) is 188 cm³/mol. The Morgan fingerprint density at radius 3 is 2.04 bits per heavy atom. The molecule has 2 amide bonds. The average Bonchev–Trinajstić information content (AvgIpc) is 3.29. The SMILES string of the molecule is CN(C(=O)[C@@H](Cc1ccc(-c2ccccc2)cc1)N(C)C(=O)/C=C/CC(C)(C)N)C(Cc1ccccc1)C(=O)C1=CCCC(O)CC1. The molecule has 0 aliphatic heterocycles. The van der Waals surface area contributed by atoms with Gasteiger partial charge in [0, 0.05) is 32.5 Å². The molecule has 0 saturated heterocycles. The summed E-state index contributed by atoms with van der Waals surface area (Å²) in [5.74, 6) is -0.749. The van der Waals surface area contributed by atoms with Crippen molar-refractivity contribution in [1.29, 1.82) is 0 Å². The van der Waals surface area contributed by atoms with Crippen LogP contribution in [0.25, 0.3) is 11.1 Å². The maximum absolute atomic E-state index is 14.5. The summed E-state index contributed by atoms with van der Waals surface area (Å²) >= 11 is 0. The highest BCUT2D eigenvalue weighted by molar-refractivity contribution is 6.02. The van der Waals surface area contributed by atoms with Crippen LogP contribution >= 0.6 is 0 Å². The average molecular weight is 636 g/mol. The number of rotatable bonds is 13. The van der Waals surface area contributed by atoms with E-state index in [1.165, 1.54) is 15.9 Å². The van der Waals surface area contributed by atoms with Crippen LogP contribution in [0, 0.1) is 0 Å². The fourth-order valence-corrected chi connectivity index (χ4v) is 5.90. The third-order valence-electron chi connectivity index (χ3n) is 8.84. The Kier molecular flexibility index (Phi) is 12.5. The van der Waals surface area contributed by atoms with Crippen LogP contribution in [0.3, 0.4) is 0 Å². The molecule has 0 spiro atoms. The number of nitrogens with zero attached hydrogens (tertiary/aromatic N) is 2. The molecule has 0 bridgehead atoms. The van der Waals surface area contributed by atoms with Crippen molar-refractivity contribution < 1.29 is 19.5 Å². The Labute approximate surface area is 279 Å². The first kappa shape index (κ1) is 35.5. The number of carbonyl (C=O) groups is 3. The van der Waals surface area contributed by atoms with E-state index in [2.05, 4.69) is 0 Å². The van der Waals surface area contributed by atoms with Crippen LogP contribution in [0.4, 0.5) is 0 Å². The van der Waals surface area contributed by atoms with Gasteiger partial charge in [-0.15, -0.1) is 0 Å². The molecule has 7 heteroatoms. The van der Waals surface area contributed by atoms with Crippen molar-refractivity contribution in [2.24, 2.45) is 5.73 Å². The summed E-state index contributed by atoms with van der Waals surface area (Å²) in [6.45, 7) is 3.78. The van der Waals surface area contributed by atoms with Crippen LogP contribution in [0.2, 0.25) is 0 Å². The van der Waals surface area contributed by atoms with E-state index in [-0.39, 0.29) is 24.0 Å². The molecule has 1 aliphatic carbocycles. The van der Waals surface area contributed by atoms with Crippen LogP contribution in [-0.4, -0.2) is 70.3 Å². The van der Waals surface area contributed by atoms with Gasteiger partial charge in [-0.3, -0.25) is 14.4 Å². The second kappa shape index (κ2) is 16.5. The fraction of sp³-hybridized carbons (Fsp3) is 0.375. The summed E-state index contributed by atoms with van der Waals surface area (Å²) in [7, 11) is 3.30. The van der Waals surface area contributed by atoms with Crippen molar-refractivity contribution in [1.82, 2.24) is 9.80 Å². The van der Waals surface area contributed by atoms with Gasteiger partial charge in [0.2, 0.25) is 11.8 Å². The number of hydrogen-bond acceptors (Lipinski definition) is 5. The zero-order valence-corrected chi connectivity index (χ0v) is 28.1. The normalized spacial score (nSPS) is 16.6. The second-order valence-electron chi connectivity index (χ2n) is 13.3. The van der Waals surface area contributed by atoms with Gasteiger partial charge in [0.15, 0.2) is 5.78 Å². The minimum atomic E-state index is -0.860. The number of ketones is 1. The van der Waals surface area contributed by atoms with Crippen molar-refractivity contribution >= 4 is 17.6 Å². The molecule has 3 aromatic rings. The first-order valence-electron chi connectivity index (χ1n) is 16.5. The number of hydrogen-bond donors (Lipinski definition) is 2. The molecule has 0 saturated carbocycles. The Balaban J connectivity index is 1.65. The Morgan fingerprint density at radius 2 is 1.40 bits per heavy atom. The first-order valence-corrected chi connectivity index (χ1v) is 16.5. The lowest BCUT2D eigenvalue weighted by Gasteiger charge is -2.34. The van der Waals surface area contributed by atoms with E-state index < -0.39 is 23.7 Å². The van der Waals surface area contributed by atoms with Crippen molar-refractivity contribution in [3.63, 3.8) is 0 Å². The van der Waals surface area contributed by atoms with E-state index in [0.29, 0.717) is 44.1 Å². The summed E-state index contributed by atoms with van der Waals surface area (Å²) in [4.78, 5) is 45.1. The van der Waals surface area contributed by atoms with E-state index >= 15 is 0 Å². The summed E-state index contributed by atoms with van der Waals surface area (Å²) < 4.78 is 0. The lowest BCUT2D eigenvalue weighted by molar-refractivity contribution is -0.145. The number of amides is 2. The van der Waals surface area contributed by atoms with Crippen LogP contribution in [0.5, 0.6) is 0 Å². The van der Waals surface area contributed by atoms with Crippen molar-refractivity contribution in [3.8, 4) is 11.1 Å². The molecule has 2 unspecified atom stereocenters. The molecule has 0 radical (unpaired) electrons. The Morgan fingerprint density at radius 1 is 0.830 bits per heavy atom. The molecular weight excluding hydrogens is 586 g/mol. The molecule has 0 aromatic heterocycles. The molecular formula is C40H49N3O4. The number of nitrogens with two attached hydrogens (primary N) is 1. The number of aliphatic hydroxyl groups is 1. The predicted octanol–water partition coefficient (Wildman–Crippen LogP) is 5.91. The van der Waals surface area contributed by atoms with Gasteiger partial charge in [-0.2, -0.15) is 0 Å². The van der Waals surface area contributed by atoms with E-state index in [1.54, 1.807) is 20.2 Å². The number of benzene rings is 3. The molecule has 1 aliphatic rings. The minimum absolute atomic E-state index is 0.121. The molecule has 4 rings (SSSR count). The third-order valence-corrected chi connectivity index (χ3v) is 8.84. The van der Waals surface area contributed by atoms with Gasteiger partial charge < -0.3 is 20.6 Å². The van der Waals surface area contributed by atoms with E-state index in [9.17, 15) is 19.5 Å². The standard InChI is InChI=1S/C40H49N3O4/c1-40(2,41)26-12-19-37(45)42(3)36(28-30-20-22-32(23-21-30)31-15-9-6-10-16-31)39(47)43(4)35(27-29-13-7-5-8-14-29)38(46)33-17-11-18-34(44)25-24-33/h5-10,12-17,19-23,34-36,44H,11,18,24-28,41H2,1-4H3/b19-12+/t34?,35?,36-/m1/s1. The second-order valence-corrected chi connectivity index (χ2v) is 13.3. The fourth-order valence-electron chi connectivity index (χ4n) is 5.90. The van der Waals surface area contributed by atoms with Gasteiger partial charge >= 0.3 is 0 Å². The van der Waals surface area contributed by atoms with E-state index in [0.717, 1.165) is 22.3 Å². The molecule has 3 N–H and O–H groups in total. The molecule has 248 valence electrons. The number of carbonyl (C=O) groups excluding carboxylic acids is 3. The monoisotopic (exact) mass is 635 g/mol. The highest BCUT2D eigenvalue weighted by atomic mass is 16.3. The number of aliphatic hydroxyl groups excluding tert-OH is 1. The maximum atomic E-state index is 14.5. The van der Waals surface area contributed by atoms with Gasteiger partial charge in [0.1, 0.15) is 6.04 Å². The summed E-state index contributed by atoms with van der Waals surface area (Å²) in [6.07, 6.45) is 8.01. The van der Waals surface area contributed by atoms with Gasteiger partial charge in [0.05, 0.1) is 12.1 Å². The molecule has 3 aromatic carbocycles. The zero-order valence-electron chi connectivity index (χ0n) is 28.1. The van der Waals surface area contributed by atoms with Crippen LogP contribution in [0.1, 0.15) is 57.1 Å². The Bertz CT molecular complexity index is 1540. The topological polar surface area (TPSA) is 104 Å². The number of allylic oxidation sites excluding steroid dienone is 1. The summed E-state index contributed by atoms with van der Waals surface area (Å²) in [6, 6.07) is 26.1. The van der Waals surface area contributed by atoms with Gasteiger partial charge in [-0.05, 0) is 79.9 Å². The quantitative estimate of drug-likeness (QED) is 0.228. The van der Waals surface area contributed by atoms with Crippen molar-refractivity contribution in [3.05, 3.63) is 120 Å².